The van der Waals surface area contributed by atoms with Gasteiger partial charge in [0.1, 0.15) is 0 Å². The number of esters is 1. The summed E-state index contributed by atoms with van der Waals surface area (Å²) in [5.41, 5.74) is 0. The van der Waals surface area contributed by atoms with E-state index in [4.69, 9.17) is 0 Å². The van der Waals surface area contributed by atoms with Gasteiger partial charge in [0.25, 0.3) is 5.85 Å². The molecule has 0 spiro atoms. The number of hydrogen-bond acceptors (Lipinski definition) is 3. The van der Waals surface area contributed by atoms with Gasteiger partial charge >= 0.3 is 12.1 Å². The minimum absolute atomic E-state index is 0.809. The van der Waals surface area contributed by atoms with Gasteiger partial charge in [0, 0.05) is 6.92 Å². The van der Waals surface area contributed by atoms with E-state index in [0.717, 1.165) is 6.92 Å². The molecule has 0 heterocycles. The van der Waals surface area contributed by atoms with Crippen molar-refractivity contribution in [2.24, 2.45) is 0 Å². The monoisotopic (exact) mass is 188 g/mol. The lowest BCUT2D eigenvalue weighted by atomic mass is 10.7. The van der Waals surface area contributed by atoms with Crippen molar-refractivity contribution >= 4 is 14.4 Å². The highest BCUT2D eigenvalue weighted by Crippen LogP contribution is 2.29. The number of carbonyl (C=O) groups excluding carboxylic acids is 1. The molecule has 0 aromatic carbocycles. The van der Waals surface area contributed by atoms with E-state index in [1.165, 1.54) is 0 Å². The van der Waals surface area contributed by atoms with E-state index < -0.39 is 26.5 Å². The van der Waals surface area contributed by atoms with Crippen molar-refractivity contribution in [3.63, 3.8) is 0 Å². The van der Waals surface area contributed by atoms with Crippen LogP contribution in [0.3, 0.4) is 0 Å². The zero-order valence-electron chi connectivity index (χ0n) is 5.38. The zero-order valence-corrected chi connectivity index (χ0v) is 6.28. The van der Waals surface area contributed by atoms with E-state index in [1.54, 1.807) is 0 Å². The number of rotatable bonds is 2. The van der Waals surface area contributed by atoms with Crippen LogP contribution in [0.1, 0.15) is 6.92 Å². The number of alkyl halides is 3. The second-order valence-corrected chi connectivity index (χ2v) is 2.29. The summed E-state index contributed by atoms with van der Waals surface area (Å²) >= 11 is 0. The van der Waals surface area contributed by atoms with Crippen molar-refractivity contribution in [2.45, 2.75) is 18.9 Å². The third-order valence-electron chi connectivity index (χ3n) is 0.653. The predicted octanol–water partition coefficient (Wildman–Crippen LogP) is 1.73. The van der Waals surface area contributed by atoms with Gasteiger partial charge in [-0.05, 0) is 0 Å². The Morgan fingerprint density at radius 3 is 2.09 bits per heavy atom. The molecular formula is C4H4F3O3P. The van der Waals surface area contributed by atoms with Crippen LogP contribution in [0.25, 0.3) is 0 Å². The SMILES string of the molecule is CC(=O)OC(P=O)C(F)(F)F. The van der Waals surface area contributed by atoms with Gasteiger partial charge in [-0.2, -0.15) is 13.2 Å². The van der Waals surface area contributed by atoms with Crippen LogP contribution < -0.4 is 0 Å². The maximum absolute atomic E-state index is 11.6. The van der Waals surface area contributed by atoms with Crippen LogP contribution >= 0.6 is 8.46 Å². The molecule has 0 saturated heterocycles. The summed E-state index contributed by atoms with van der Waals surface area (Å²) in [6.07, 6.45) is -4.77. The van der Waals surface area contributed by atoms with Gasteiger partial charge in [-0.25, -0.2) is 0 Å². The topological polar surface area (TPSA) is 43.4 Å². The molecule has 1 unspecified atom stereocenters. The van der Waals surface area contributed by atoms with Crippen molar-refractivity contribution in [3.05, 3.63) is 0 Å². The lowest BCUT2D eigenvalue weighted by Gasteiger charge is -2.12. The van der Waals surface area contributed by atoms with Crippen molar-refractivity contribution in [3.8, 4) is 0 Å². The van der Waals surface area contributed by atoms with Crippen LogP contribution in [0.4, 0.5) is 13.2 Å². The number of halogens is 3. The molecule has 0 aliphatic rings. The summed E-state index contributed by atoms with van der Waals surface area (Å²) < 4.78 is 48.3. The maximum Gasteiger partial charge on any atom is 0.436 e. The summed E-state index contributed by atoms with van der Waals surface area (Å²) in [6, 6.07) is 0. The van der Waals surface area contributed by atoms with Gasteiger partial charge in [-0.1, -0.05) is 0 Å². The molecule has 1 atom stereocenters. The van der Waals surface area contributed by atoms with Crippen LogP contribution in [0.5, 0.6) is 0 Å². The minimum atomic E-state index is -4.77. The first-order chi connectivity index (χ1) is 4.88. The van der Waals surface area contributed by atoms with Gasteiger partial charge in [-0.3, -0.25) is 9.36 Å². The first kappa shape index (κ1) is 10.4. The quantitative estimate of drug-likeness (QED) is 0.489. The van der Waals surface area contributed by atoms with Gasteiger partial charge in [-0.15, -0.1) is 0 Å². The molecule has 0 N–H and O–H groups in total. The van der Waals surface area contributed by atoms with Gasteiger partial charge in [0.15, 0.2) is 0 Å². The fourth-order valence-corrected chi connectivity index (χ4v) is 0.616. The minimum Gasteiger partial charge on any atom is -0.440 e. The van der Waals surface area contributed by atoms with Crippen LogP contribution in [-0.2, 0) is 14.1 Å². The average molecular weight is 188 g/mol. The van der Waals surface area contributed by atoms with E-state index in [2.05, 4.69) is 4.74 Å². The zero-order chi connectivity index (χ0) is 9.07. The molecule has 11 heavy (non-hydrogen) atoms. The Labute approximate surface area is 61.7 Å². The highest BCUT2D eigenvalue weighted by molar-refractivity contribution is 7.24. The molecule has 0 aliphatic carbocycles. The average Bonchev–Trinajstić information content (AvgIpc) is 1.79. The van der Waals surface area contributed by atoms with Gasteiger partial charge < -0.3 is 4.74 Å². The van der Waals surface area contributed by atoms with E-state index in [-0.39, 0.29) is 0 Å². The second-order valence-electron chi connectivity index (χ2n) is 1.61. The molecule has 0 amide bonds. The molecule has 0 bridgehead atoms. The highest BCUT2D eigenvalue weighted by atomic mass is 31.1. The van der Waals surface area contributed by atoms with Crippen LogP contribution in [0.2, 0.25) is 0 Å². The Hall–Kier alpha value is -0.640. The first-order valence-corrected chi connectivity index (χ1v) is 3.32. The van der Waals surface area contributed by atoms with Crippen LogP contribution in [-0.4, -0.2) is 18.0 Å². The molecule has 0 saturated carbocycles. The fraction of sp³-hybridized carbons (Fsp3) is 0.750. The first-order valence-electron chi connectivity index (χ1n) is 2.44. The number of hydrogen-bond donors (Lipinski definition) is 0. The Morgan fingerprint density at radius 2 is 2.00 bits per heavy atom. The normalized spacial score (nSPS) is 14.5. The fourth-order valence-electron chi connectivity index (χ4n) is 0.305. The molecule has 3 nitrogen and oxygen atoms in total. The van der Waals surface area contributed by atoms with E-state index in [9.17, 15) is 22.5 Å². The number of carbonyl (C=O) groups is 1. The van der Waals surface area contributed by atoms with Gasteiger partial charge in [0.2, 0.25) is 8.46 Å². The lowest BCUT2D eigenvalue weighted by Crippen LogP contribution is -2.27. The van der Waals surface area contributed by atoms with Crippen molar-refractivity contribution in [2.75, 3.05) is 0 Å². The molecule has 0 fully saturated rings. The Morgan fingerprint density at radius 1 is 1.55 bits per heavy atom. The molecule has 0 rings (SSSR count). The maximum atomic E-state index is 11.6. The Kier molecular flexibility index (Phi) is 3.45. The summed E-state index contributed by atoms with van der Waals surface area (Å²) in [4.78, 5) is 9.99. The smallest absolute Gasteiger partial charge is 0.436 e. The summed E-state index contributed by atoms with van der Waals surface area (Å²) in [5, 5.41) is 0. The molecule has 0 aliphatic heterocycles. The Bertz CT molecular complexity index is 166. The molecule has 64 valence electrons. The largest absolute Gasteiger partial charge is 0.440 e. The van der Waals surface area contributed by atoms with E-state index in [0.29, 0.717) is 0 Å². The summed E-state index contributed by atoms with van der Waals surface area (Å²) in [6.45, 7) is 0.809. The number of ether oxygens (including phenoxy) is 1. The van der Waals surface area contributed by atoms with Crippen molar-refractivity contribution in [1.82, 2.24) is 0 Å². The third kappa shape index (κ3) is 3.93. The highest BCUT2D eigenvalue weighted by Gasteiger charge is 2.43. The van der Waals surface area contributed by atoms with Crippen molar-refractivity contribution < 1.29 is 27.3 Å². The van der Waals surface area contributed by atoms with Crippen LogP contribution in [0, 0.1) is 0 Å². The molecular weight excluding hydrogens is 184 g/mol. The third-order valence-corrected chi connectivity index (χ3v) is 1.24. The molecule has 0 aromatic heterocycles. The Balaban J connectivity index is 4.18. The standard InChI is InChI=1S/C4H4F3O3P/c1-2(8)10-3(11-9)4(5,6)7/h3H,1H3. The summed E-state index contributed by atoms with van der Waals surface area (Å²) in [7, 11) is -1.27. The van der Waals surface area contributed by atoms with Crippen molar-refractivity contribution in [1.29, 1.82) is 0 Å². The molecule has 0 radical (unpaired) electrons. The molecule has 0 aromatic rings. The predicted molar refractivity (Wildman–Crippen MR) is 29.2 cm³/mol. The van der Waals surface area contributed by atoms with Gasteiger partial charge in [0.05, 0.1) is 0 Å². The van der Waals surface area contributed by atoms with E-state index in [1.807, 2.05) is 0 Å². The molecule has 7 heteroatoms. The summed E-state index contributed by atoms with van der Waals surface area (Å²) in [5.74, 6) is -3.66. The lowest BCUT2D eigenvalue weighted by molar-refractivity contribution is -0.196. The second kappa shape index (κ2) is 3.67. The van der Waals surface area contributed by atoms with E-state index >= 15 is 0 Å². The van der Waals surface area contributed by atoms with Crippen LogP contribution in [0.15, 0.2) is 0 Å².